The standard InChI is InChI=1S/C18H21N3O4.C2H6/c1-10(20-25)14-9-21-15(14)8-13(17(21)18(23)24)12-5-3-11(4-6-12)7-16(22)19-2;1-2/h3-6,10,14-15H,7-9H2,1-2H3,(H,19,22)(H,23,24);1-2H3/t10?,14?,15-;/m1./s1. The van der Waals surface area contributed by atoms with Crippen molar-refractivity contribution in [3.8, 4) is 0 Å². The van der Waals surface area contributed by atoms with Crippen molar-refractivity contribution in [1.82, 2.24) is 10.2 Å². The van der Waals surface area contributed by atoms with Crippen molar-refractivity contribution in [3.05, 3.63) is 46.0 Å². The number of carbonyl (C=O) groups excluding carboxylic acids is 1. The van der Waals surface area contributed by atoms with Crippen LogP contribution >= 0.6 is 0 Å². The molecule has 0 aliphatic carbocycles. The van der Waals surface area contributed by atoms with Gasteiger partial charge in [0.2, 0.25) is 5.91 Å². The minimum absolute atomic E-state index is 0.0272. The number of benzene rings is 1. The summed E-state index contributed by atoms with van der Waals surface area (Å²) in [6.07, 6.45) is 0.891. The molecule has 2 heterocycles. The van der Waals surface area contributed by atoms with Crippen LogP contribution in [0.4, 0.5) is 0 Å². The quantitative estimate of drug-likeness (QED) is 0.747. The topological polar surface area (TPSA) is 99.1 Å². The summed E-state index contributed by atoms with van der Waals surface area (Å²) in [7, 11) is 1.59. The van der Waals surface area contributed by atoms with Crippen molar-refractivity contribution < 1.29 is 14.7 Å². The Hall–Kier alpha value is -2.70. The highest BCUT2D eigenvalue weighted by Crippen LogP contribution is 2.46. The lowest BCUT2D eigenvalue weighted by Gasteiger charge is -2.46. The van der Waals surface area contributed by atoms with Gasteiger partial charge in [-0.1, -0.05) is 43.3 Å². The highest BCUT2D eigenvalue weighted by Gasteiger charge is 2.50. The lowest BCUT2D eigenvalue weighted by atomic mass is 9.82. The predicted octanol–water partition coefficient (Wildman–Crippen LogP) is 2.66. The Bertz CT molecular complexity index is 742. The molecule has 2 aliphatic rings. The second-order valence-electron chi connectivity index (χ2n) is 6.61. The SMILES string of the molecule is CC.CNC(=O)Cc1ccc(C2=C(C(=O)O)N3CC(C(C)N=O)[C@H]3C2)cc1. The summed E-state index contributed by atoms with van der Waals surface area (Å²) in [6, 6.07) is 7.13. The van der Waals surface area contributed by atoms with E-state index in [2.05, 4.69) is 10.5 Å². The van der Waals surface area contributed by atoms with Gasteiger partial charge in [0.05, 0.1) is 12.5 Å². The van der Waals surface area contributed by atoms with Gasteiger partial charge in [-0.3, -0.25) is 4.79 Å². The van der Waals surface area contributed by atoms with E-state index in [9.17, 15) is 19.6 Å². The van der Waals surface area contributed by atoms with Gasteiger partial charge >= 0.3 is 5.97 Å². The maximum Gasteiger partial charge on any atom is 0.352 e. The number of hydrogen-bond acceptors (Lipinski definition) is 5. The molecule has 7 nitrogen and oxygen atoms in total. The fourth-order valence-electron chi connectivity index (χ4n) is 3.73. The summed E-state index contributed by atoms with van der Waals surface area (Å²) >= 11 is 0. The van der Waals surface area contributed by atoms with Gasteiger partial charge < -0.3 is 15.3 Å². The Morgan fingerprint density at radius 1 is 1.30 bits per heavy atom. The fraction of sp³-hybridized carbons (Fsp3) is 0.500. The van der Waals surface area contributed by atoms with Gasteiger partial charge in [-0.15, -0.1) is 0 Å². The van der Waals surface area contributed by atoms with Gasteiger partial charge in [0, 0.05) is 25.6 Å². The monoisotopic (exact) mass is 373 g/mol. The van der Waals surface area contributed by atoms with Crippen LogP contribution < -0.4 is 5.32 Å². The molecule has 2 aliphatic heterocycles. The van der Waals surface area contributed by atoms with E-state index in [0.29, 0.717) is 25.1 Å². The molecule has 7 heteroatoms. The highest BCUT2D eigenvalue weighted by atomic mass is 16.4. The highest BCUT2D eigenvalue weighted by molar-refractivity contribution is 5.97. The number of nitrogens with one attached hydrogen (secondary N) is 1. The van der Waals surface area contributed by atoms with E-state index in [1.807, 2.05) is 43.0 Å². The Morgan fingerprint density at radius 3 is 2.44 bits per heavy atom. The molecule has 3 atom stereocenters. The van der Waals surface area contributed by atoms with Crippen LogP contribution in [0, 0.1) is 10.8 Å². The van der Waals surface area contributed by atoms with Crippen LogP contribution in [0.3, 0.4) is 0 Å². The molecule has 0 spiro atoms. The van der Waals surface area contributed by atoms with E-state index in [4.69, 9.17) is 0 Å². The maximum absolute atomic E-state index is 11.7. The molecule has 3 rings (SSSR count). The van der Waals surface area contributed by atoms with E-state index in [-0.39, 0.29) is 23.9 Å². The lowest BCUT2D eigenvalue weighted by molar-refractivity contribution is -0.136. The largest absolute Gasteiger partial charge is 0.477 e. The molecule has 2 N–H and O–H groups in total. The summed E-state index contributed by atoms with van der Waals surface area (Å²) in [5, 5.41) is 15.3. The molecule has 1 aromatic carbocycles. The molecule has 1 saturated heterocycles. The van der Waals surface area contributed by atoms with Crippen LogP contribution in [0.1, 0.15) is 38.3 Å². The number of aliphatic carboxylic acids is 1. The van der Waals surface area contributed by atoms with Crippen LogP contribution in [-0.2, 0) is 16.0 Å². The number of carbonyl (C=O) groups is 2. The van der Waals surface area contributed by atoms with Crippen LogP contribution in [-0.4, -0.2) is 47.6 Å². The number of carboxylic acid groups (broad SMARTS) is 1. The Balaban J connectivity index is 0.00000126. The maximum atomic E-state index is 11.7. The molecular formula is C20H27N3O4. The number of amides is 1. The molecule has 0 radical (unpaired) electrons. The second-order valence-corrected chi connectivity index (χ2v) is 6.61. The molecule has 1 aromatic rings. The molecular weight excluding hydrogens is 346 g/mol. The number of carboxylic acids is 1. The van der Waals surface area contributed by atoms with Gasteiger partial charge in [-0.25, -0.2) is 4.79 Å². The van der Waals surface area contributed by atoms with Crippen molar-refractivity contribution in [2.45, 2.75) is 45.7 Å². The van der Waals surface area contributed by atoms with Crippen molar-refractivity contribution in [2.24, 2.45) is 11.1 Å². The average molecular weight is 373 g/mol. The van der Waals surface area contributed by atoms with Crippen molar-refractivity contribution in [1.29, 1.82) is 0 Å². The van der Waals surface area contributed by atoms with E-state index in [0.717, 1.165) is 16.7 Å². The Morgan fingerprint density at radius 2 is 1.93 bits per heavy atom. The summed E-state index contributed by atoms with van der Waals surface area (Å²) in [5.41, 5.74) is 2.82. The molecule has 2 unspecified atom stereocenters. The van der Waals surface area contributed by atoms with E-state index in [1.54, 1.807) is 14.0 Å². The third-order valence-corrected chi connectivity index (χ3v) is 5.22. The first kappa shape index (κ1) is 20.6. The summed E-state index contributed by atoms with van der Waals surface area (Å²) in [6.45, 7) is 6.33. The lowest BCUT2D eigenvalue weighted by Crippen LogP contribution is -2.56. The van der Waals surface area contributed by atoms with Gasteiger partial charge in [0.1, 0.15) is 5.70 Å². The first-order valence-corrected chi connectivity index (χ1v) is 9.31. The molecule has 0 bridgehead atoms. The van der Waals surface area contributed by atoms with Crippen molar-refractivity contribution >= 4 is 17.4 Å². The zero-order valence-electron chi connectivity index (χ0n) is 16.2. The summed E-state index contributed by atoms with van der Waals surface area (Å²) in [4.78, 5) is 35.9. The predicted molar refractivity (Wildman–Crippen MR) is 104 cm³/mol. The Labute approximate surface area is 159 Å². The van der Waals surface area contributed by atoms with Gasteiger partial charge in [0.15, 0.2) is 0 Å². The Kier molecular flexibility index (Phi) is 6.71. The number of likely N-dealkylation sites (N-methyl/N-ethyl adjacent to an activating group) is 1. The molecule has 1 amide bonds. The van der Waals surface area contributed by atoms with Gasteiger partial charge in [-0.05, 0) is 30.0 Å². The molecule has 0 aromatic heterocycles. The number of hydrogen-bond donors (Lipinski definition) is 2. The van der Waals surface area contributed by atoms with E-state index >= 15 is 0 Å². The van der Waals surface area contributed by atoms with Crippen molar-refractivity contribution in [3.63, 3.8) is 0 Å². The van der Waals surface area contributed by atoms with Crippen LogP contribution in [0.25, 0.3) is 5.57 Å². The average Bonchev–Trinajstić information content (AvgIpc) is 2.96. The number of rotatable bonds is 6. The fourth-order valence-corrected chi connectivity index (χ4v) is 3.73. The zero-order valence-corrected chi connectivity index (χ0v) is 16.2. The molecule has 1 fully saturated rings. The zero-order chi connectivity index (χ0) is 20.1. The van der Waals surface area contributed by atoms with Crippen LogP contribution in [0.15, 0.2) is 35.1 Å². The van der Waals surface area contributed by atoms with Crippen LogP contribution in [0.2, 0.25) is 0 Å². The van der Waals surface area contributed by atoms with E-state index in [1.165, 1.54) is 0 Å². The minimum Gasteiger partial charge on any atom is -0.477 e. The first-order chi connectivity index (χ1) is 13.0. The summed E-state index contributed by atoms with van der Waals surface area (Å²) in [5.74, 6) is -0.921. The number of nitrogens with zero attached hydrogens (tertiary/aromatic N) is 2. The van der Waals surface area contributed by atoms with Crippen LogP contribution in [0.5, 0.6) is 0 Å². The van der Waals surface area contributed by atoms with Gasteiger partial charge in [0.25, 0.3) is 0 Å². The van der Waals surface area contributed by atoms with Crippen molar-refractivity contribution in [2.75, 3.05) is 13.6 Å². The second kappa shape index (κ2) is 8.79. The normalized spacial score (nSPS) is 21.4. The number of fused-ring (bicyclic) bond motifs is 1. The minimum atomic E-state index is -0.947. The van der Waals surface area contributed by atoms with E-state index < -0.39 is 5.97 Å². The smallest absolute Gasteiger partial charge is 0.352 e. The summed E-state index contributed by atoms with van der Waals surface area (Å²) < 4.78 is 0. The third kappa shape index (κ3) is 4.02. The molecule has 0 saturated carbocycles. The third-order valence-electron chi connectivity index (χ3n) is 5.22. The molecule has 146 valence electrons. The van der Waals surface area contributed by atoms with Gasteiger partial charge in [-0.2, -0.15) is 4.91 Å². The molecule has 27 heavy (non-hydrogen) atoms. The first-order valence-electron chi connectivity index (χ1n) is 9.31. The number of nitroso groups, excluding NO2 is 1.